The van der Waals surface area contributed by atoms with Gasteiger partial charge in [-0.2, -0.15) is 0 Å². The van der Waals surface area contributed by atoms with Gasteiger partial charge in [0.25, 0.3) is 0 Å². The highest BCUT2D eigenvalue weighted by Gasteiger charge is 2.15. The first kappa shape index (κ1) is 13.2. The van der Waals surface area contributed by atoms with E-state index in [0.717, 1.165) is 17.7 Å². The van der Waals surface area contributed by atoms with E-state index < -0.39 is 5.97 Å². The van der Waals surface area contributed by atoms with Gasteiger partial charge >= 0.3 is 5.97 Å². The molecular formula is C15H18N2O2. The summed E-state index contributed by atoms with van der Waals surface area (Å²) in [7, 11) is 0. The van der Waals surface area contributed by atoms with E-state index in [1.807, 2.05) is 12.1 Å². The molecule has 0 saturated heterocycles. The highest BCUT2D eigenvalue weighted by Crippen LogP contribution is 2.24. The van der Waals surface area contributed by atoms with Crippen molar-refractivity contribution in [3.8, 4) is 11.3 Å². The summed E-state index contributed by atoms with van der Waals surface area (Å²) in [6, 6.07) is 9.89. The maximum Gasteiger partial charge on any atom is 0.341 e. The van der Waals surface area contributed by atoms with Crippen molar-refractivity contribution in [2.24, 2.45) is 0 Å². The number of H-pyrrole nitrogens is 1. The summed E-state index contributed by atoms with van der Waals surface area (Å²) < 4.78 is 4.96. The van der Waals surface area contributed by atoms with Gasteiger partial charge in [0.15, 0.2) is 0 Å². The molecule has 0 fully saturated rings. The Morgan fingerprint density at radius 1 is 1.26 bits per heavy atom. The lowest BCUT2D eigenvalue weighted by Crippen LogP contribution is -2.05. The molecule has 3 N–H and O–H groups in total. The first-order valence-corrected chi connectivity index (χ1v) is 6.40. The number of nitrogens with two attached hydrogens (primary N) is 1. The van der Waals surface area contributed by atoms with Gasteiger partial charge in [-0.05, 0) is 30.5 Å². The highest BCUT2D eigenvalue weighted by atomic mass is 16.5. The first-order chi connectivity index (χ1) is 9.15. The lowest BCUT2D eigenvalue weighted by Gasteiger charge is -2.00. The zero-order chi connectivity index (χ0) is 13.8. The van der Waals surface area contributed by atoms with Crippen molar-refractivity contribution in [1.82, 2.24) is 4.98 Å². The van der Waals surface area contributed by atoms with Crippen LogP contribution in [0.1, 0.15) is 29.8 Å². The van der Waals surface area contributed by atoms with E-state index in [9.17, 15) is 4.79 Å². The van der Waals surface area contributed by atoms with Gasteiger partial charge < -0.3 is 15.5 Å². The molecule has 0 aliphatic heterocycles. The Hall–Kier alpha value is -2.23. The third-order valence-corrected chi connectivity index (χ3v) is 3.02. The number of hydrogen-bond acceptors (Lipinski definition) is 3. The van der Waals surface area contributed by atoms with Crippen molar-refractivity contribution in [3.05, 3.63) is 41.5 Å². The van der Waals surface area contributed by atoms with Crippen LogP contribution in [0.2, 0.25) is 0 Å². The molecule has 1 aromatic carbocycles. The van der Waals surface area contributed by atoms with E-state index in [1.165, 1.54) is 5.56 Å². The summed E-state index contributed by atoms with van der Waals surface area (Å²) in [4.78, 5) is 14.7. The Labute approximate surface area is 112 Å². The van der Waals surface area contributed by atoms with Gasteiger partial charge in [0.1, 0.15) is 11.4 Å². The molecule has 4 nitrogen and oxygen atoms in total. The number of rotatable bonds is 4. The fraction of sp³-hybridized carbons (Fsp3) is 0.267. The number of hydrogen-bond donors (Lipinski definition) is 2. The smallest absolute Gasteiger partial charge is 0.341 e. The number of aryl methyl sites for hydroxylation is 1. The highest BCUT2D eigenvalue weighted by molar-refractivity contribution is 5.96. The second kappa shape index (κ2) is 5.61. The molecule has 2 aromatic rings. The Kier molecular flexibility index (Phi) is 3.90. The van der Waals surface area contributed by atoms with E-state index in [2.05, 4.69) is 24.0 Å². The minimum absolute atomic E-state index is 0.337. The molecule has 0 spiro atoms. The van der Waals surface area contributed by atoms with E-state index >= 15 is 0 Å². The molecule has 4 heteroatoms. The van der Waals surface area contributed by atoms with Crippen molar-refractivity contribution in [3.63, 3.8) is 0 Å². The third-order valence-electron chi connectivity index (χ3n) is 3.02. The molecule has 19 heavy (non-hydrogen) atoms. The third kappa shape index (κ3) is 2.78. The number of anilines is 1. The normalized spacial score (nSPS) is 10.4. The molecule has 0 aliphatic rings. The molecule has 1 aromatic heterocycles. The van der Waals surface area contributed by atoms with Crippen LogP contribution >= 0.6 is 0 Å². The van der Waals surface area contributed by atoms with Crippen LogP contribution < -0.4 is 5.73 Å². The van der Waals surface area contributed by atoms with Crippen LogP contribution in [-0.2, 0) is 11.2 Å². The summed E-state index contributed by atoms with van der Waals surface area (Å²) in [5, 5.41) is 0. The van der Waals surface area contributed by atoms with Gasteiger partial charge in [-0.1, -0.05) is 31.2 Å². The van der Waals surface area contributed by atoms with Crippen molar-refractivity contribution in [2.45, 2.75) is 20.3 Å². The molecule has 0 unspecified atom stereocenters. The SMILES string of the molecule is CCOC(=O)c1cc(-c2ccc(CC)cc2)[nH]c1N. The summed E-state index contributed by atoms with van der Waals surface area (Å²) in [6.07, 6.45) is 1.00. The second-order valence-corrected chi connectivity index (χ2v) is 4.28. The van der Waals surface area contributed by atoms with Crippen molar-refractivity contribution >= 4 is 11.8 Å². The van der Waals surface area contributed by atoms with Gasteiger partial charge in [0, 0.05) is 5.69 Å². The van der Waals surface area contributed by atoms with Crippen LogP contribution in [-0.4, -0.2) is 17.6 Å². The molecule has 2 rings (SSSR count). The van der Waals surface area contributed by atoms with Crippen LogP contribution in [0.4, 0.5) is 5.82 Å². The predicted octanol–water partition coefficient (Wildman–Crippen LogP) is 3.00. The lowest BCUT2D eigenvalue weighted by molar-refractivity contribution is 0.0528. The zero-order valence-corrected chi connectivity index (χ0v) is 11.2. The van der Waals surface area contributed by atoms with Crippen molar-refractivity contribution in [1.29, 1.82) is 0 Å². The van der Waals surface area contributed by atoms with Crippen LogP contribution in [0.15, 0.2) is 30.3 Å². The van der Waals surface area contributed by atoms with Crippen LogP contribution in [0.5, 0.6) is 0 Å². The van der Waals surface area contributed by atoms with E-state index in [4.69, 9.17) is 10.5 Å². The monoisotopic (exact) mass is 258 g/mol. The van der Waals surface area contributed by atoms with Gasteiger partial charge in [-0.15, -0.1) is 0 Å². The van der Waals surface area contributed by atoms with Crippen LogP contribution in [0, 0.1) is 0 Å². The largest absolute Gasteiger partial charge is 0.462 e. The number of nitrogen functional groups attached to an aromatic ring is 1. The number of aromatic amines is 1. The summed E-state index contributed by atoms with van der Waals surface area (Å²) in [6.45, 7) is 4.22. The number of esters is 1. The van der Waals surface area contributed by atoms with Gasteiger partial charge in [0.2, 0.25) is 0 Å². The minimum atomic E-state index is -0.396. The maximum absolute atomic E-state index is 11.7. The topological polar surface area (TPSA) is 68.1 Å². The van der Waals surface area contributed by atoms with E-state index in [-0.39, 0.29) is 0 Å². The van der Waals surface area contributed by atoms with Gasteiger partial charge in [-0.3, -0.25) is 0 Å². The lowest BCUT2D eigenvalue weighted by atomic mass is 10.1. The Morgan fingerprint density at radius 3 is 2.53 bits per heavy atom. The first-order valence-electron chi connectivity index (χ1n) is 6.40. The Bertz CT molecular complexity index is 570. The van der Waals surface area contributed by atoms with Crippen LogP contribution in [0.25, 0.3) is 11.3 Å². The Morgan fingerprint density at radius 2 is 1.95 bits per heavy atom. The van der Waals surface area contributed by atoms with E-state index in [1.54, 1.807) is 13.0 Å². The number of nitrogens with one attached hydrogen (secondary N) is 1. The molecule has 0 amide bonds. The van der Waals surface area contributed by atoms with Crippen LogP contribution in [0.3, 0.4) is 0 Å². The summed E-state index contributed by atoms with van der Waals surface area (Å²) >= 11 is 0. The number of carbonyl (C=O) groups excluding carboxylic acids is 1. The average molecular weight is 258 g/mol. The Balaban J connectivity index is 2.30. The minimum Gasteiger partial charge on any atom is -0.462 e. The molecule has 0 aliphatic carbocycles. The standard InChI is InChI=1S/C15H18N2O2/c1-3-10-5-7-11(8-6-10)13-9-12(14(16)17-13)15(18)19-4-2/h5-9,17H,3-4,16H2,1-2H3. The fourth-order valence-corrected chi connectivity index (χ4v) is 1.92. The van der Waals surface area contributed by atoms with E-state index in [0.29, 0.717) is 18.0 Å². The number of benzene rings is 1. The second-order valence-electron chi connectivity index (χ2n) is 4.28. The quantitative estimate of drug-likeness (QED) is 0.828. The molecular weight excluding hydrogens is 240 g/mol. The fourth-order valence-electron chi connectivity index (χ4n) is 1.92. The number of aromatic nitrogens is 1. The van der Waals surface area contributed by atoms with Gasteiger partial charge in [-0.25, -0.2) is 4.79 Å². The van der Waals surface area contributed by atoms with Crippen molar-refractivity contribution in [2.75, 3.05) is 12.3 Å². The average Bonchev–Trinajstić information content (AvgIpc) is 2.81. The molecule has 100 valence electrons. The number of ether oxygens (including phenoxy) is 1. The molecule has 0 radical (unpaired) electrons. The zero-order valence-electron chi connectivity index (χ0n) is 11.2. The molecule has 0 atom stereocenters. The molecule has 0 saturated carbocycles. The number of carbonyl (C=O) groups is 1. The molecule has 0 bridgehead atoms. The van der Waals surface area contributed by atoms with Crippen molar-refractivity contribution < 1.29 is 9.53 Å². The summed E-state index contributed by atoms with van der Waals surface area (Å²) in [5.41, 5.74) is 9.29. The summed E-state index contributed by atoms with van der Waals surface area (Å²) in [5.74, 6) is -0.0549. The molecule has 1 heterocycles. The van der Waals surface area contributed by atoms with Gasteiger partial charge in [0.05, 0.1) is 6.61 Å². The maximum atomic E-state index is 11.7. The predicted molar refractivity (Wildman–Crippen MR) is 76.0 cm³/mol.